The number of ether oxygens (including phenoxy) is 1. The molecule has 2 aromatic rings. The molecule has 3 rings (SSSR count). The van der Waals surface area contributed by atoms with Gasteiger partial charge in [-0.1, -0.05) is 41.9 Å². The molecule has 0 atom stereocenters. The number of rotatable bonds is 6. The zero-order chi connectivity index (χ0) is 19.9. The Balaban J connectivity index is 1.56. The number of piperidine rings is 1. The molecular weight excluding hydrogens is 376 g/mol. The fraction of sp³-hybridized carbons (Fsp3) is 0.364. The van der Waals surface area contributed by atoms with Crippen molar-refractivity contribution in [1.29, 1.82) is 0 Å². The van der Waals surface area contributed by atoms with Crippen LogP contribution in [0.5, 0.6) is 0 Å². The number of carbonyl (C=O) groups excluding carboxylic acids is 2. The molecular formula is C22H25ClN2O3. The number of carbonyl (C=O) groups is 2. The molecule has 1 heterocycles. The number of likely N-dealkylation sites (tertiary alicyclic amines) is 1. The van der Waals surface area contributed by atoms with Crippen LogP contribution in [-0.4, -0.2) is 36.5 Å². The Morgan fingerprint density at radius 2 is 1.79 bits per heavy atom. The van der Waals surface area contributed by atoms with Crippen molar-refractivity contribution in [3.63, 3.8) is 0 Å². The fourth-order valence-electron chi connectivity index (χ4n) is 3.43. The first-order valence-corrected chi connectivity index (χ1v) is 9.99. The Kier molecular flexibility index (Phi) is 7.06. The molecule has 0 saturated carbocycles. The van der Waals surface area contributed by atoms with Crippen LogP contribution < -0.4 is 5.32 Å². The lowest BCUT2D eigenvalue weighted by molar-refractivity contribution is -0.121. The number of benzene rings is 2. The van der Waals surface area contributed by atoms with E-state index in [1.807, 2.05) is 24.3 Å². The van der Waals surface area contributed by atoms with E-state index in [-0.39, 0.29) is 11.8 Å². The van der Waals surface area contributed by atoms with E-state index < -0.39 is 5.97 Å². The summed E-state index contributed by atoms with van der Waals surface area (Å²) < 4.78 is 5.07. The number of para-hydroxylation sites is 1. The van der Waals surface area contributed by atoms with Gasteiger partial charge in [0.25, 0.3) is 0 Å². The summed E-state index contributed by atoms with van der Waals surface area (Å²) in [5, 5.41) is 3.69. The van der Waals surface area contributed by atoms with Gasteiger partial charge in [-0.3, -0.25) is 9.69 Å². The molecule has 0 aliphatic carbocycles. The highest BCUT2D eigenvalue weighted by atomic mass is 35.5. The predicted octanol–water partition coefficient (Wildman–Crippen LogP) is 4.37. The average molecular weight is 401 g/mol. The van der Waals surface area contributed by atoms with Crippen LogP contribution in [0.4, 0.5) is 5.69 Å². The van der Waals surface area contributed by atoms with Gasteiger partial charge < -0.3 is 10.1 Å². The van der Waals surface area contributed by atoms with Gasteiger partial charge in [0.15, 0.2) is 0 Å². The van der Waals surface area contributed by atoms with Crippen molar-refractivity contribution in [1.82, 2.24) is 4.90 Å². The molecule has 1 N–H and O–H groups in total. The third-order valence-electron chi connectivity index (χ3n) is 4.99. The van der Waals surface area contributed by atoms with Crippen molar-refractivity contribution in [2.45, 2.75) is 26.3 Å². The first kappa shape index (κ1) is 20.4. The van der Waals surface area contributed by atoms with Gasteiger partial charge in [-0.15, -0.1) is 0 Å². The molecule has 1 fully saturated rings. The maximum Gasteiger partial charge on any atom is 0.340 e. The second kappa shape index (κ2) is 9.71. The second-order valence-corrected chi connectivity index (χ2v) is 7.30. The number of nitrogens with one attached hydrogen (secondary N) is 1. The molecule has 28 heavy (non-hydrogen) atoms. The molecule has 0 bridgehead atoms. The first-order chi connectivity index (χ1) is 13.6. The molecule has 6 heteroatoms. The van der Waals surface area contributed by atoms with Crippen molar-refractivity contribution in [2.75, 3.05) is 25.0 Å². The molecule has 1 aliphatic rings. The Hall–Kier alpha value is -2.37. The van der Waals surface area contributed by atoms with Gasteiger partial charge in [-0.2, -0.15) is 0 Å². The monoisotopic (exact) mass is 400 g/mol. The standard InChI is InChI=1S/C22H25ClN2O3/c1-2-28-22(27)18-8-4-6-10-20(18)24-21(26)16-11-13-25(14-12-16)15-17-7-3-5-9-19(17)23/h3-10,16H,2,11-15H2,1H3,(H,24,26). The molecule has 148 valence electrons. The Labute approximate surface area is 170 Å². The van der Waals surface area contributed by atoms with Crippen molar-refractivity contribution < 1.29 is 14.3 Å². The molecule has 5 nitrogen and oxygen atoms in total. The number of anilines is 1. The van der Waals surface area contributed by atoms with Crippen LogP contribution in [0, 0.1) is 5.92 Å². The van der Waals surface area contributed by atoms with Gasteiger partial charge in [-0.05, 0) is 56.6 Å². The van der Waals surface area contributed by atoms with Gasteiger partial charge >= 0.3 is 5.97 Å². The zero-order valence-electron chi connectivity index (χ0n) is 16.0. The third kappa shape index (κ3) is 5.12. The lowest BCUT2D eigenvalue weighted by atomic mass is 9.95. The topological polar surface area (TPSA) is 58.6 Å². The van der Waals surface area contributed by atoms with Crippen molar-refractivity contribution >= 4 is 29.2 Å². The Morgan fingerprint density at radius 3 is 2.50 bits per heavy atom. The normalized spacial score (nSPS) is 15.2. The lowest BCUT2D eigenvalue weighted by Gasteiger charge is -2.31. The van der Waals surface area contributed by atoms with Gasteiger partial charge in [-0.25, -0.2) is 4.79 Å². The number of amides is 1. The molecule has 0 unspecified atom stereocenters. The van der Waals surface area contributed by atoms with E-state index in [1.54, 1.807) is 31.2 Å². The number of nitrogens with zero attached hydrogens (tertiary/aromatic N) is 1. The third-order valence-corrected chi connectivity index (χ3v) is 5.36. The van der Waals surface area contributed by atoms with Crippen molar-refractivity contribution in [3.05, 3.63) is 64.7 Å². The van der Waals surface area contributed by atoms with Crippen LogP contribution in [0.2, 0.25) is 5.02 Å². The highest BCUT2D eigenvalue weighted by Crippen LogP contribution is 2.24. The molecule has 1 aliphatic heterocycles. The minimum Gasteiger partial charge on any atom is -0.462 e. The largest absolute Gasteiger partial charge is 0.462 e. The number of esters is 1. The molecule has 0 radical (unpaired) electrons. The smallest absolute Gasteiger partial charge is 0.340 e. The van der Waals surface area contributed by atoms with Gasteiger partial charge in [0.2, 0.25) is 5.91 Å². The molecule has 0 spiro atoms. The van der Waals surface area contributed by atoms with E-state index >= 15 is 0 Å². The minimum absolute atomic E-state index is 0.0471. The van der Waals surface area contributed by atoms with Gasteiger partial charge in [0.05, 0.1) is 17.9 Å². The number of hydrogen-bond acceptors (Lipinski definition) is 4. The summed E-state index contributed by atoms with van der Waals surface area (Å²) in [6, 6.07) is 14.8. The Bertz CT molecular complexity index is 832. The van der Waals surface area contributed by atoms with E-state index in [2.05, 4.69) is 10.2 Å². The summed E-state index contributed by atoms with van der Waals surface area (Å²) in [5.41, 5.74) is 1.99. The first-order valence-electron chi connectivity index (χ1n) is 9.61. The summed E-state index contributed by atoms with van der Waals surface area (Å²) >= 11 is 6.25. The van der Waals surface area contributed by atoms with E-state index in [0.29, 0.717) is 17.9 Å². The SMILES string of the molecule is CCOC(=O)c1ccccc1NC(=O)C1CCN(Cc2ccccc2Cl)CC1. The van der Waals surface area contributed by atoms with Gasteiger partial charge in [0.1, 0.15) is 0 Å². The van der Waals surface area contributed by atoms with E-state index in [1.165, 1.54) is 0 Å². The van der Waals surface area contributed by atoms with E-state index in [0.717, 1.165) is 43.1 Å². The lowest BCUT2D eigenvalue weighted by Crippen LogP contribution is -2.38. The molecule has 0 aromatic heterocycles. The Morgan fingerprint density at radius 1 is 1.11 bits per heavy atom. The van der Waals surface area contributed by atoms with Gasteiger partial charge in [0, 0.05) is 17.5 Å². The summed E-state index contributed by atoms with van der Waals surface area (Å²) in [6.07, 6.45) is 1.55. The zero-order valence-corrected chi connectivity index (χ0v) is 16.7. The van der Waals surface area contributed by atoms with Crippen molar-refractivity contribution in [2.24, 2.45) is 5.92 Å². The summed E-state index contributed by atoms with van der Waals surface area (Å²) in [4.78, 5) is 27.1. The quantitative estimate of drug-likeness (QED) is 0.731. The molecule has 1 amide bonds. The fourth-order valence-corrected chi connectivity index (χ4v) is 3.63. The summed E-state index contributed by atoms with van der Waals surface area (Å²) in [5.74, 6) is -0.542. The minimum atomic E-state index is -0.423. The maximum atomic E-state index is 12.7. The molecule has 1 saturated heterocycles. The van der Waals surface area contributed by atoms with Crippen LogP contribution in [0.3, 0.4) is 0 Å². The van der Waals surface area contributed by atoms with Crippen LogP contribution in [0.15, 0.2) is 48.5 Å². The average Bonchev–Trinajstić information content (AvgIpc) is 2.71. The maximum absolute atomic E-state index is 12.7. The number of halogens is 1. The second-order valence-electron chi connectivity index (χ2n) is 6.90. The highest BCUT2D eigenvalue weighted by Gasteiger charge is 2.26. The van der Waals surface area contributed by atoms with E-state index in [9.17, 15) is 9.59 Å². The van der Waals surface area contributed by atoms with Crippen molar-refractivity contribution in [3.8, 4) is 0 Å². The molecule has 2 aromatic carbocycles. The summed E-state index contributed by atoms with van der Waals surface area (Å²) in [7, 11) is 0. The number of hydrogen-bond donors (Lipinski definition) is 1. The summed E-state index contributed by atoms with van der Waals surface area (Å²) in [6.45, 7) is 4.52. The highest BCUT2D eigenvalue weighted by molar-refractivity contribution is 6.31. The van der Waals surface area contributed by atoms with Crippen LogP contribution in [0.1, 0.15) is 35.7 Å². The van der Waals surface area contributed by atoms with E-state index in [4.69, 9.17) is 16.3 Å². The predicted molar refractivity (Wildman–Crippen MR) is 110 cm³/mol. The van der Waals surface area contributed by atoms with Crippen LogP contribution in [0.25, 0.3) is 0 Å². The van der Waals surface area contributed by atoms with Crippen LogP contribution in [-0.2, 0) is 16.1 Å². The van der Waals surface area contributed by atoms with Crippen LogP contribution >= 0.6 is 11.6 Å².